The molecule has 8 heteroatoms. The molecule has 0 spiro atoms. The maximum atomic E-state index is 12.4. The summed E-state index contributed by atoms with van der Waals surface area (Å²) in [6, 6.07) is 6.23. The summed E-state index contributed by atoms with van der Waals surface area (Å²) in [5, 5.41) is 3.76. The van der Waals surface area contributed by atoms with Gasteiger partial charge in [0, 0.05) is 21.5 Å². The topological polar surface area (TPSA) is 58.2 Å². The molecule has 4 nitrogen and oxygen atoms in total. The van der Waals surface area contributed by atoms with Gasteiger partial charge in [-0.1, -0.05) is 23.2 Å². The maximum absolute atomic E-state index is 12.4. The Labute approximate surface area is 138 Å². The van der Waals surface area contributed by atoms with Gasteiger partial charge < -0.3 is 5.32 Å². The summed E-state index contributed by atoms with van der Waals surface area (Å²) in [5.74, 6) is 0. The number of hydrogen-bond acceptors (Lipinski definition) is 4. The van der Waals surface area contributed by atoms with E-state index in [0.29, 0.717) is 22.3 Å². The van der Waals surface area contributed by atoms with Crippen molar-refractivity contribution in [1.29, 1.82) is 0 Å². The van der Waals surface area contributed by atoms with E-state index >= 15 is 0 Å². The van der Waals surface area contributed by atoms with Gasteiger partial charge in [0.15, 0.2) is 0 Å². The minimum Gasteiger partial charge on any atom is -0.315 e. The second-order valence-corrected chi connectivity index (χ2v) is 8.38. The Morgan fingerprint density at radius 3 is 2.33 bits per heavy atom. The van der Waals surface area contributed by atoms with Crippen molar-refractivity contribution in [2.75, 3.05) is 11.8 Å². The van der Waals surface area contributed by atoms with Crippen LogP contribution in [0.15, 0.2) is 28.5 Å². The van der Waals surface area contributed by atoms with Gasteiger partial charge in [0.25, 0.3) is 10.0 Å². The van der Waals surface area contributed by atoms with Crippen LogP contribution in [-0.4, -0.2) is 15.5 Å². The van der Waals surface area contributed by atoms with Gasteiger partial charge >= 0.3 is 0 Å². The van der Waals surface area contributed by atoms with Crippen molar-refractivity contribution >= 4 is 50.2 Å². The zero-order valence-electron chi connectivity index (χ0n) is 11.4. The second-order valence-electron chi connectivity index (χ2n) is 4.47. The molecule has 0 radical (unpaired) electrons. The van der Waals surface area contributed by atoms with Crippen molar-refractivity contribution in [3.8, 4) is 0 Å². The van der Waals surface area contributed by atoms with Crippen molar-refractivity contribution in [2.24, 2.45) is 0 Å². The van der Waals surface area contributed by atoms with Gasteiger partial charge in [-0.3, -0.25) is 4.72 Å². The summed E-state index contributed by atoms with van der Waals surface area (Å²) in [4.78, 5) is 0.988. The van der Waals surface area contributed by atoms with E-state index in [1.165, 1.54) is 23.5 Å². The van der Waals surface area contributed by atoms with Crippen LogP contribution in [0.4, 0.5) is 5.69 Å². The van der Waals surface area contributed by atoms with Crippen LogP contribution in [0.2, 0.25) is 10.0 Å². The van der Waals surface area contributed by atoms with E-state index in [2.05, 4.69) is 10.0 Å². The van der Waals surface area contributed by atoms with Crippen molar-refractivity contribution < 1.29 is 8.42 Å². The predicted molar refractivity (Wildman–Crippen MR) is 89.1 cm³/mol. The van der Waals surface area contributed by atoms with Crippen molar-refractivity contribution in [3.05, 3.63) is 44.8 Å². The highest BCUT2D eigenvalue weighted by Crippen LogP contribution is 2.29. The van der Waals surface area contributed by atoms with E-state index < -0.39 is 10.0 Å². The Balaban J connectivity index is 2.31. The van der Waals surface area contributed by atoms with Gasteiger partial charge in [0.2, 0.25) is 0 Å². The zero-order chi connectivity index (χ0) is 15.6. The molecule has 1 heterocycles. The number of aryl methyl sites for hydroxylation is 1. The fourth-order valence-corrected chi connectivity index (χ4v) is 4.94. The minimum atomic E-state index is -3.64. The molecule has 0 aliphatic heterocycles. The lowest BCUT2D eigenvalue weighted by molar-refractivity contribution is 0.603. The third-order valence-electron chi connectivity index (χ3n) is 2.71. The first kappa shape index (κ1) is 16.6. The molecule has 0 amide bonds. The summed E-state index contributed by atoms with van der Waals surface area (Å²) in [6.07, 6.45) is 0. The highest BCUT2D eigenvalue weighted by Gasteiger charge is 2.19. The van der Waals surface area contributed by atoms with E-state index in [1.54, 1.807) is 12.1 Å². The van der Waals surface area contributed by atoms with Crippen LogP contribution < -0.4 is 10.0 Å². The van der Waals surface area contributed by atoms with Crippen LogP contribution in [0.5, 0.6) is 0 Å². The van der Waals surface area contributed by atoms with Gasteiger partial charge in [0.05, 0.1) is 5.69 Å². The molecule has 1 aromatic heterocycles. The number of benzene rings is 1. The van der Waals surface area contributed by atoms with Gasteiger partial charge in [0.1, 0.15) is 4.21 Å². The quantitative estimate of drug-likeness (QED) is 0.845. The number of anilines is 1. The molecule has 0 atom stereocenters. The maximum Gasteiger partial charge on any atom is 0.271 e. The van der Waals surface area contributed by atoms with Crippen LogP contribution >= 0.6 is 34.5 Å². The number of nitrogens with one attached hydrogen (secondary N) is 2. The van der Waals surface area contributed by atoms with E-state index in [4.69, 9.17) is 23.2 Å². The van der Waals surface area contributed by atoms with E-state index in [-0.39, 0.29) is 4.21 Å². The molecule has 0 saturated carbocycles. The van der Waals surface area contributed by atoms with Crippen molar-refractivity contribution in [2.45, 2.75) is 17.7 Å². The van der Waals surface area contributed by atoms with Crippen LogP contribution in [-0.2, 0) is 16.6 Å². The zero-order valence-corrected chi connectivity index (χ0v) is 14.6. The Bertz CT molecular complexity index is 737. The summed E-state index contributed by atoms with van der Waals surface area (Å²) < 4.78 is 27.5. The monoisotopic (exact) mass is 364 g/mol. The molecule has 0 fully saturated rings. The van der Waals surface area contributed by atoms with Crippen LogP contribution in [0, 0.1) is 6.92 Å². The standard InChI is InChI=1S/C13H14Cl2N2O2S2/c1-8-3-13(20-12(8)7-16-2)21(18,19)17-11-5-9(14)4-10(15)6-11/h3-6,16-17H,7H2,1-2H3. The van der Waals surface area contributed by atoms with E-state index in [1.807, 2.05) is 14.0 Å². The lowest BCUT2D eigenvalue weighted by atomic mass is 10.3. The first-order valence-electron chi connectivity index (χ1n) is 6.04. The fraction of sp³-hybridized carbons (Fsp3) is 0.231. The Hall–Kier alpha value is -0.790. The summed E-state index contributed by atoms with van der Waals surface area (Å²) in [7, 11) is -1.82. The van der Waals surface area contributed by atoms with Crippen LogP contribution in [0.3, 0.4) is 0 Å². The lowest BCUT2D eigenvalue weighted by Gasteiger charge is -2.07. The first-order valence-corrected chi connectivity index (χ1v) is 9.10. The molecule has 1 aromatic carbocycles. The molecule has 0 saturated heterocycles. The smallest absolute Gasteiger partial charge is 0.271 e. The summed E-state index contributed by atoms with van der Waals surface area (Å²) in [6.45, 7) is 2.52. The number of thiophene rings is 1. The highest BCUT2D eigenvalue weighted by molar-refractivity contribution is 7.94. The molecular weight excluding hydrogens is 351 g/mol. The van der Waals surface area contributed by atoms with Crippen molar-refractivity contribution in [1.82, 2.24) is 5.32 Å². The fourth-order valence-electron chi connectivity index (χ4n) is 1.78. The first-order chi connectivity index (χ1) is 9.81. The Morgan fingerprint density at radius 1 is 1.14 bits per heavy atom. The number of sulfonamides is 1. The predicted octanol–water partition coefficient (Wildman–Crippen LogP) is 3.88. The minimum absolute atomic E-state index is 0.265. The number of hydrogen-bond donors (Lipinski definition) is 2. The molecule has 114 valence electrons. The van der Waals surface area contributed by atoms with Gasteiger partial charge in [-0.15, -0.1) is 11.3 Å². The number of halogens is 2. The lowest BCUT2D eigenvalue weighted by Crippen LogP contribution is -2.11. The molecule has 2 aromatic rings. The third kappa shape index (κ3) is 4.11. The summed E-state index contributed by atoms with van der Waals surface area (Å²) >= 11 is 13.0. The molecule has 0 unspecified atom stereocenters. The molecular formula is C13H14Cl2N2O2S2. The van der Waals surface area contributed by atoms with E-state index in [0.717, 1.165) is 10.4 Å². The molecule has 0 aliphatic carbocycles. The molecule has 2 N–H and O–H groups in total. The average molecular weight is 365 g/mol. The number of rotatable bonds is 5. The highest BCUT2D eigenvalue weighted by atomic mass is 35.5. The Kier molecular flexibility index (Phi) is 5.16. The van der Waals surface area contributed by atoms with Crippen molar-refractivity contribution in [3.63, 3.8) is 0 Å². The van der Waals surface area contributed by atoms with Gasteiger partial charge in [-0.25, -0.2) is 8.42 Å². The second kappa shape index (κ2) is 6.54. The largest absolute Gasteiger partial charge is 0.315 e. The summed E-state index contributed by atoms with van der Waals surface area (Å²) in [5.41, 5.74) is 1.28. The molecule has 0 aliphatic rings. The Morgan fingerprint density at radius 2 is 1.76 bits per heavy atom. The van der Waals surface area contributed by atoms with Gasteiger partial charge in [-0.05, 0) is 43.8 Å². The van der Waals surface area contributed by atoms with Crippen LogP contribution in [0.1, 0.15) is 10.4 Å². The average Bonchev–Trinajstić information content (AvgIpc) is 2.70. The SMILES string of the molecule is CNCc1sc(S(=O)(=O)Nc2cc(Cl)cc(Cl)c2)cc1C. The van der Waals surface area contributed by atoms with E-state index in [9.17, 15) is 8.42 Å². The molecule has 21 heavy (non-hydrogen) atoms. The van der Waals surface area contributed by atoms with Crippen LogP contribution in [0.25, 0.3) is 0 Å². The molecule has 2 rings (SSSR count). The molecule has 0 bridgehead atoms. The third-order valence-corrected chi connectivity index (χ3v) is 6.24. The normalized spacial score (nSPS) is 11.6. The van der Waals surface area contributed by atoms with Gasteiger partial charge in [-0.2, -0.15) is 0 Å².